The van der Waals surface area contributed by atoms with Crippen LogP contribution in [0.2, 0.25) is 0 Å². The molecule has 6 heteroatoms. The lowest BCUT2D eigenvalue weighted by Crippen LogP contribution is -2.27. The van der Waals surface area contributed by atoms with Gasteiger partial charge in [0, 0.05) is 12.6 Å². The number of likely N-dealkylation sites (N-methyl/N-ethyl adjacent to an activating group) is 1. The Morgan fingerprint density at radius 3 is 2.42 bits per heavy atom. The molecule has 124 valence electrons. The topological polar surface area (TPSA) is 51.1 Å². The molecule has 0 aliphatic carbocycles. The van der Waals surface area contributed by atoms with Crippen molar-refractivity contribution in [2.45, 2.75) is 0 Å². The van der Waals surface area contributed by atoms with E-state index in [1.807, 2.05) is 36.4 Å². The third-order valence-electron chi connectivity index (χ3n) is 4.02. The molecule has 0 bridgehead atoms. The zero-order valence-corrected chi connectivity index (χ0v) is 14.4. The van der Waals surface area contributed by atoms with E-state index in [2.05, 4.69) is 4.99 Å². The molecule has 24 heavy (non-hydrogen) atoms. The number of aliphatic imine (C=N–C) groups is 1. The van der Waals surface area contributed by atoms with Crippen molar-refractivity contribution in [3.05, 3.63) is 42.0 Å². The van der Waals surface area contributed by atoms with Gasteiger partial charge >= 0.3 is 0 Å². The molecule has 5 nitrogen and oxygen atoms in total. The van der Waals surface area contributed by atoms with E-state index in [1.165, 1.54) is 0 Å². The molecule has 1 heterocycles. The number of fused-ring (bicyclic) bond motifs is 1. The highest BCUT2D eigenvalue weighted by Crippen LogP contribution is 2.40. The van der Waals surface area contributed by atoms with Crippen LogP contribution < -0.4 is 14.4 Å². The Bertz CT molecular complexity index is 811. The van der Waals surface area contributed by atoms with E-state index < -0.39 is 0 Å². The second kappa shape index (κ2) is 6.53. The van der Waals surface area contributed by atoms with E-state index in [4.69, 9.17) is 21.1 Å². The minimum absolute atomic E-state index is 0.0390. The number of carbonyl (C=O) groups excluding carboxylic acids is 1. The van der Waals surface area contributed by atoms with Crippen molar-refractivity contribution in [3.63, 3.8) is 0 Å². The van der Waals surface area contributed by atoms with Gasteiger partial charge in [0.2, 0.25) is 5.91 Å². The molecule has 0 unspecified atom stereocenters. The number of amides is 1. The highest BCUT2D eigenvalue weighted by atomic mass is 35.5. The summed E-state index contributed by atoms with van der Waals surface area (Å²) in [7, 11) is 4.95. The van der Waals surface area contributed by atoms with Gasteiger partial charge in [0.05, 0.1) is 25.5 Å². The van der Waals surface area contributed by atoms with Crippen molar-refractivity contribution in [3.8, 4) is 22.6 Å². The number of benzodiazepines with no additional fused rings is 1. The second-order valence-corrected chi connectivity index (χ2v) is 5.69. The zero-order valence-electron chi connectivity index (χ0n) is 13.7. The number of carbonyl (C=O) groups is 1. The number of benzene rings is 2. The number of hydrogen-bond acceptors (Lipinski definition) is 4. The molecule has 0 saturated heterocycles. The monoisotopic (exact) mass is 344 g/mol. The minimum atomic E-state index is -0.102. The van der Waals surface area contributed by atoms with Crippen LogP contribution in [-0.2, 0) is 4.79 Å². The summed E-state index contributed by atoms with van der Waals surface area (Å²) in [4.78, 5) is 17.7. The summed E-state index contributed by atoms with van der Waals surface area (Å²) in [5.74, 6) is 1.29. The van der Waals surface area contributed by atoms with Crippen molar-refractivity contribution in [2.75, 3.05) is 32.7 Å². The van der Waals surface area contributed by atoms with E-state index in [0.717, 1.165) is 16.8 Å². The van der Waals surface area contributed by atoms with E-state index in [9.17, 15) is 4.79 Å². The summed E-state index contributed by atoms with van der Waals surface area (Å²) in [6.45, 7) is 0.0390. The third-order valence-corrected chi connectivity index (χ3v) is 4.35. The van der Waals surface area contributed by atoms with Crippen molar-refractivity contribution < 1.29 is 14.3 Å². The molecular weight excluding hydrogens is 328 g/mol. The molecule has 1 aliphatic heterocycles. The lowest BCUT2D eigenvalue weighted by molar-refractivity contribution is -0.116. The van der Waals surface area contributed by atoms with Crippen LogP contribution in [0.1, 0.15) is 5.56 Å². The van der Waals surface area contributed by atoms with Gasteiger partial charge in [0.25, 0.3) is 0 Å². The number of hydrogen-bond donors (Lipinski definition) is 0. The maximum atomic E-state index is 12.0. The molecule has 0 aromatic heterocycles. The highest BCUT2D eigenvalue weighted by molar-refractivity contribution is 6.70. The van der Waals surface area contributed by atoms with Gasteiger partial charge < -0.3 is 14.4 Å². The Kier molecular flexibility index (Phi) is 4.44. The van der Waals surface area contributed by atoms with Crippen molar-refractivity contribution in [1.29, 1.82) is 0 Å². The average molecular weight is 345 g/mol. The Balaban J connectivity index is 2.22. The highest BCUT2D eigenvalue weighted by Gasteiger charge is 2.22. The lowest BCUT2D eigenvalue weighted by Gasteiger charge is -2.19. The molecular formula is C18H17ClN2O3. The van der Waals surface area contributed by atoms with Crippen LogP contribution >= 0.6 is 11.6 Å². The van der Waals surface area contributed by atoms with Gasteiger partial charge in [-0.15, -0.1) is 0 Å². The van der Waals surface area contributed by atoms with Gasteiger partial charge in [-0.1, -0.05) is 23.7 Å². The van der Waals surface area contributed by atoms with Gasteiger partial charge in [-0.05, 0) is 29.8 Å². The van der Waals surface area contributed by atoms with Crippen LogP contribution in [0.25, 0.3) is 11.1 Å². The SMILES string of the molecule is COc1cccc(OC)c1-c1ccc2c(c1)C(Cl)=NCC(=O)N2C. The smallest absolute Gasteiger partial charge is 0.248 e. The summed E-state index contributed by atoms with van der Waals surface area (Å²) in [6.07, 6.45) is 0. The van der Waals surface area contributed by atoms with Crippen LogP contribution in [0.4, 0.5) is 5.69 Å². The number of anilines is 1. The summed E-state index contributed by atoms with van der Waals surface area (Å²) in [5, 5.41) is 0.318. The number of nitrogens with zero attached hydrogens (tertiary/aromatic N) is 2. The predicted molar refractivity (Wildman–Crippen MR) is 95.6 cm³/mol. The maximum Gasteiger partial charge on any atom is 0.248 e. The predicted octanol–water partition coefficient (Wildman–Crippen LogP) is 3.33. The number of ether oxygens (including phenoxy) is 2. The summed E-state index contributed by atoms with van der Waals surface area (Å²) in [6, 6.07) is 11.3. The second-order valence-electron chi connectivity index (χ2n) is 5.33. The Morgan fingerprint density at radius 2 is 1.79 bits per heavy atom. The van der Waals surface area contributed by atoms with Crippen LogP contribution in [0, 0.1) is 0 Å². The molecule has 0 atom stereocenters. The van der Waals surface area contributed by atoms with E-state index >= 15 is 0 Å². The number of rotatable bonds is 3. The lowest BCUT2D eigenvalue weighted by atomic mass is 10.00. The first-order valence-corrected chi connectivity index (χ1v) is 7.77. The molecule has 1 aliphatic rings. The Morgan fingerprint density at radius 1 is 1.12 bits per heavy atom. The van der Waals surface area contributed by atoms with Gasteiger partial charge in [-0.2, -0.15) is 0 Å². The van der Waals surface area contributed by atoms with E-state index in [1.54, 1.807) is 26.2 Å². The zero-order chi connectivity index (χ0) is 17.3. The number of halogens is 1. The molecule has 0 spiro atoms. The summed E-state index contributed by atoms with van der Waals surface area (Å²) >= 11 is 6.30. The third kappa shape index (κ3) is 2.71. The van der Waals surface area contributed by atoms with Crippen LogP contribution in [-0.4, -0.2) is 38.9 Å². The average Bonchev–Trinajstić information content (AvgIpc) is 2.73. The van der Waals surface area contributed by atoms with E-state index in [0.29, 0.717) is 22.2 Å². The van der Waals surface area contributed by atoms with Crippen molar-refractivity contribution in [1.82, 2.24) is 0 Å². The molecule has 0 radical (unpaired) electrons. The van der Waals surface area contributed by atoms with Crippen LogP contribution in [0.15, 0.2) is 41.4 Å². The molecule has 0 saturated carbocycles. The van der Waals surface area contributed by atoms with Gasteiger partial charge in [0.1, 0.15) is 23.2 Å². The fourth-order valence-electron chi connectivity index (χ4n) is 2.75. The van der Waals surface area contributed by atoms with Crippen molar-refractivity contribution in [2.24, 2.45) is 4.99 Å². The molecule has 3 rings (SSSR count). The fraction of sp³-hybridized carbons (Fsp3) is 0.222. The van der Waals surface area contributed by atoms with E-state index in [-0.39, 0.29) is 12.5 Å². The maximum absolute atomic E-state index is 12.0. The molecule has 0 fully saturated rings. The Hall–Kier alpha value is -2.53. The number of methoxy groups -OCH3 is 2. The quantitative estimate of drug-likeness (QED) is 0.858. The molecule has 2 aromatic rings. The largest absolute Gasteiger partial charge is 0.496 e. The molecule has 2 aromatic carbocycles. The van der Waals surface area contributed by atoms with Gasteiger partial charge in [0.15, 0.2) is 0 Å². The van der Waals surface area contributed by atoms with Crippen LogP contribution in [0.3, 0.4) is 0 Å². The molecule has 1 amide bonds. The summed E-state index contributed by atoms with van der Waals surface area (Å²) < 4.78 is 10.9. The summed E-state index contributed by atoms with van der Waals surface area (Å²) in [5.41, 5.74) is 3.13. The first-order valence-electron chi connectivity index (χ1n) is 7.39. The van der Waals surface area contributed by atoms with Crippen LogP contribution in [0.5, 0.6) is 11.5 Å². The van der Waals surface area contributed by atoms with Crippen molar-refractivity contribution >= 4 is 28.4 Å². The normalized spacial score (nSPS) is 13.9. The van der Waals surface area contributed by atoms with Gasteiger partial charge in [-0.3, -0.25) is 9.79 Å². The standard InChI is InChI=1S/C18H17ClN2O3/c1-21-13-8-7-11(9-12(13)18(19)20-10-16(21)22)17-14(23-2)5-4-6-15(17)24-3/h4-9H,10H2,1-3H3. The minimum Gasteiger partial charge on any atom is -0.496 e. The Labute approximate surface area is 145 Å². The first kappa shape index (κ1) is 16.3. The fourth-order valence-corrected chi connectivity index (χ4v) is 2.96. The molecule has 0 N–H and O–H groups in total. The van der Waals surface area contributed by atoms with Gasteiger partial charge in [-0.25, -0.2) is 0 Å². The first-order chi connectivity index (χ1) is 11.6.